The van der Waals surface area contributed by atoms with E-state index in [2.05, 4.69) is 20.5 Å². The maximum Gasteiger partial charge on any atom is 0.166 e. The van der Waals surface area contributed by atoms with Crippen LogP contribution in [0, 0.1) is 6.92 Å². The SMILES string of the molecule is Cc1[nH]nc2ccc(/C(N)=N/C(=C(N)Cl)N3CCNCC3)cc12. The molecule has 23 heavy (non-hydrogen) atoms. The van der Waals surface area contributed by atoms with Gasteiger partial charge in [-0.1, -0.05) is 11.6 Å². The highest BCUT2D eigenvalue weighted by Gasteiger charge is 2.16. The van der Waals surface area contributed by atoms with Crippen LogP contribution in [0.15, 0.2) is 34.2 Å². The van der Waals surface area contributed by atoms with Gasteiger partial charge in [0.05, 0.1) is 5.52 Å². The molecule has 2 aromatic rings. The fourth-order valence-electron chi connectivity index (χ4n) is 2.63. The highest BCUT2D eigenvalue weighted by molar-refractivity contribution is 6.29. The summed E-state index contributed by atoms with van der Waals surface area (Å²) in [5.74, 6) is 0.902. The molecule has 122 valence electrons. The lowest BCUT2D eigenvalue weighted by Crippen LogP contribution is -2.43. The number of piperazine rings is 1. The van der Waals surface area contributed by atoms with E-state index in [4.69, 9.17) is 23.1 Å². The number of aryl methyl sites for hydroxylation is 1. The third-order valence-electron chi connectivity index (χ3n) is 3.90. The summed E-state index contributed by atoms with van der Waals surface area (Å²) in [6.07, 6.45) is 0. The van der Waals surface area contributed by atoms with E-state index in [0.29, 0.717) is 11.7 Å². The van der Waals surface area contributed by atoms with Crippen molar-refractivity contribution in [1.29, 1.82) is 0 Å². The monoisotopic (exact) mass is 333 g/mol. The zero-order valence-electron chi connectivity index (χ0n) is 12.9. The van der Waals surface area contributed by atoms with Crippen LogP contribution in [0.1, 0.15) is 11.3 Å². The molecule has 1 fully saturated rings. The van der Waals surface area contributed by atoms with Crippen LogP contribution in [-0.2, 0) is 0 Å². The molecular weight excluding hydrogens is 314 g/mol. The molecule has 0 bridgehead atoms. The number of fused-ring (bicyclic) bond motifs is 1. The minimum Gasteiger partial charge on any atom is -0.386 e. The predicted molar refractivity (Wildman–Crippen MR) is 93.1 cm³/mol. The van der Waals surface area contributed by atoms with Gasteiger partial charge >= 0.3 is 0 Å². The Hall–Kier alpha value is -2.25. The summed E-state index contributed by atoms with van der Waals surface area (Å²) in [5.41, 5.74) is 14.7. The van der Waals surface area contributed by atoms with Gasteiger partial charge in [-0.15, -0.1) is 0 Å². The van der Waals surface area contributed by atoms with Crippen molar-refractivity contribution in [3.8, 4) is 0 Å². The number of nitrogens with two attached hydrogens (primary N) is 2. The summed E-state index contributed by atoms with van der Waals surface area (Å²) in [6, 6.07) is 5.77. The Morgan fingerprint density at radius 3 is 2.74 bits per heavy atom. The number of aliphatic imine (C=N–C) groups is 1. The number of aromatic nitrogens is 2. The fourth-order valence-corrected chi connectivity index (χ4v) is 2.79. The molecule has 1 aliphatic heterocycles. The quantitative estimate of drug-likeness (QED) is 0.377. The smallest absolute Gasteiger partial charge is 0.166 e. The van der Waals surface area contributed by atoms with Gasteiger partial charge in [-0.25, -0.2) is 4.99 Å². The van der Waals surface area contributed by atoms with Crippen LogP contribution in [0.5, 0.6) is 0 Å². The maximum atomic E-state index is 6.18. The van der Waals surface area contributed by atoms with Gasteiger partial charge < -0.3 is 21.7 Å². The Kier molecular flexibility index (Phi) is 4.40. The number of hydrogen-bond acceptors (Lipinski definition) is 5. The Morgan fingerprint density at radius 1 is 1.30 bits per heavy atom. The Bertz CT molecular complexity index is 767. The first-order chi connectivity index (χ1) is 11.1. The lowest BCUT2D eigenvalue weighted by atomic mass is 10.1. The van der Waals surface area contributed by atoms with Gasteiger partial charge in [-0.3, -0.25) is 5.10 Å². The van der Waals surface area contributed by atoms with Gasteiger partial charge in [0, 0.05) is 42.8 Å². The molecular formula is C15H20ClN7. The molecule has 0 spiro atoms. The number of halogens is 1. The van der Waals surface area contributed by atoms with E-state index in [1.165, 1.54) is 0 Å². The standard InChI is InChI=1S/C15H20ClN7/c1-9-11-8-10(2-3-12(11)22-21-9)14(18)20-15(13(16)17)23-6-4-19-5-7-23/h2-3,8,19H,4-7,17H2,1H3,(H2,18,20)(H,21,22). The van der Waals surface area contributed by atoms with E-state index in [9.17, 15) is 0 Å². The van der Waals surface area contributed by atoms with Gasteiger partial charge in [-0.2, -0.15) is 5.10 Å². The average Bonchev–Trinajstić information content (AvgIpc) is 2.93. The summed E-state index contributed by atoms with van der Waals surface area (Å²) in [7, 11) is 0. The molecule has 8 heteroatoms. The van der Waals surface area contributed by atoms with Gasteiger partial charge in [0.2, 0.25) is 0 Å². The van der Waals surface area contributed by atoms with Crippen LogP contribution in [0.4, 0.5) is 0 Å². The third kappa shape index (κ3) is 3.25. The predicted octanol–water partition coefficient (Wildman–Crippen LogP) is 0.806. The Balaban J connectivity index is 1.94. The second kappa shape index (κ2) is 6.47. The van der Waals surface area contributed by atoms with Crippen molar-refractivity contribution in [1.82, 2.24) is 20.4 Å². The average molecular weight is 334 g/mol. The minimum absolute atomic E-state index is 0.149. The van der Waals surface area contributed by atoms with Gasteiger partial charge in [0.25, 0.3) is 0 Å². The number of hydrogen-bond donors (Lipinski definition) is 4. The van der Waals surface area contributed by atoms with Crippen molar-refractivity contribution < 1.29 is 0 Å². The second-order valence-corrected chi connectivity index (χ2v) is 5.89. The van der Waals surface area contributed by atoms with Crippen LogP contribution in [0.2, 0.25) is 0 Å². The van der Waals surface area contributed by atoms with Crippen LogP contribution in [-0.4, -0.2) is 47.1 Å². The van der Waals surface area contributed by atoms with Crippen molar-refractivity contribution in [2.24, 2.45) is 16.5 Å². The molecule has 1 aliphatic rings. The first-order valence-corrected chi connectivity index (χ1v) is 7.84. The second-order valence-electron chi connectivity index (χ2n) is 5.49. The van der Waals surface area contributed by atoms with Crippen molar-refractivity contribution in [2.45, 2.75) is 6.92 Å². The summed E-state index contributed by atoms with van der Waals surface area (Å²) in [5, 5.41) is 11.6. The van der Waals surface area contributed by atoms with E-state index < -0.39 is 0 Å². The molecule has 1 aromatic heterocycles. The lowest BCUT2D eigenvalue weighted by Gasteiger charge is -2.29. The lowest BCUT2D eigenvalue weighted by molar-refractivity contribution is 0.295. The Labute approximate surface area is 139 Å². The molecule has 6 N–H and O–H groups in total. The third-order valence-corrected chi connectivity index (χ3v) is 4.07. The molecule has 0 atom stereocenters. The molecule has 7 nitrogen and oxygen atoms in total. The van der Waals surface area contributed by atoms with E-state index in [1.54, 1.807) is 0 Å². The highest BCUT2D eigenvalue weighted by Crippen LogP contribution is 2.18. The van der Waals surface area contributed by atoms with Gasteiger partial charge in [0.15, 0.2) is 5.82 Å². The normalized spacial score (nSPS) is 17.5. The first-order valence-electron chi connectivity index (χ1n) is 7.46. The molecule has 1 saturated heterocycles. The van der Waals surface area contributed by atoms with Gasteiger partial charge in [0.1, 0.15) is 11.0 Å². The molecule has 0 aliphatic carbocycles. The maximum absolute atomic E-state index is 6.18. The van der Waals surface area contributed by atoms with Crippen LogP contribution >= 0.6 is 11.6 Å². The van der Waals surface area contributed by atoms with E-state index >= 15 is 0 Å². The summed E-state index contributed by atoms with van der Waals surface area (Å²) >= 11 is 6.03. The number of amidine groups is 1. The molecule has 3 rings (SSSR count). The number of nitrogens with one attached hydrogen (secondary N) is 2. The topological polar surface area (TPSA) is 108 Å². The molecule has 0 unspecified atom stereocenters. The summed E-state index contributed by atoms with van der Waals surface area (Å²) in [6.45, 7) is 5.28. The minimum atomic E-state index is 0.149. The molecule has 0 saturated carbocycles. The number of rotatable bonds is 3. The number of H-pyrrole nitrogens is 1. The van der Waals surface area contributed by atoms with Crippen LogP contribution in [0.25, 0.3) is 10.9 Å². The van der Waals surface area contributed by atoms with Crippen molar-refractivity contribution in [3.63, 3.8) is 0 Å². The number of benzene rings is 1. The van der Waals surface area contributed by atoms with E-state index in [1.807, 2.05) is 30.0 Å². The number of aromatic amines is 1. The zero-order chi connectivity index (χ0) is 16.4. The van der Waals surface area contributed by atoms with E-state index in [-0.39, 0.29) is 5.16 Å². The number of nitrogens with zero attached hydrogens (tertiary/aromatic N) is 3. The van der Waals surface area contributed by atoms with Gasteiger partial charge in [-0.05, 0) is 25.1 Å². The first kappa shape index (κ1) is 15.6. The Morgan fingerprint density at radius 2 is 2.04 bits per heavy atom. The largest absolute Gasteiger partial charge is 0.386 e. The molecule has 2 heterocycles. The van der Waals surface area contributed by atoms with Crippen molar-refractivity contribution in [2.75, 3.05) is 26.2 Å². The van der Waals surface area contributed by atoms with E-state index in [0.717, 1.165) is 48.3 Å². The molecule has 1 aromatic carbocycles. The fraction of sp³-hybridized carbons (Fsp3) is 0.333. The summed E-state index contributed by atoms with van der Waals surface area (Å²) in [4.78, 5) is 6.51. The van der Waals surface area contributed by atoms with Crippen molar-refractivity contribution in [3.05, 3.63) is 40.4 Å². The van der Waals surface area contributed by atoms with Crippen LogP contribution in [0.3, 0.4) is 0 Å². The molecule has 0 radical (unpaired) electrons. The summed E-state index contributed by atoms with van der Waals surface area (Å²) < 4.78 is 0. The van der Waals surface area contributed by atoms with Crippen LogP contribution < -0.4 is 16.8 Å². The van der Waals surface area contributed by atoms with Crippen molar-refractivity contribution >= 4 is 28.3 Å². The highest BCUT2D eigenvalue weighted by atomic mass is 35.5. The zero-order valence-corrected chi connectivity index (χ0v) is 13.7. The molecule has 0 amide bonds.